The molecule has 0 saturated heterocycles. The highest BCUT2D eigenvalue weighted by Gasteiger charge is 2.16. The molecule has 0 spiro atoms. The molecule has 0 saturated carbocycles. The Morgan fingerprint density at radius 1 is 0.897 bits per heavy atom. The van der Waals surface area contributed by atoms with Gasteiger partial charge in [0.05, 0.1) is 5.75 Å². The van der Waals surface area contributed by atoms with Crippen LogP contribution in [0, 0.1) is 5.41 Å². The third kappa shape index (κ3) is 6.71. The normalized spacial score (nSPS) is 12.9. The maximum Gasteiger partial charge on any atom is 0.234 e. The number of carbonyl (C=O) groups is 2. The number of anilines is 2. The van der Waals surface area contributed by atoms with Crippen LogP contribution in [0.5, 0.6) is 11.5 Å². The number of benzene rings is 2. The second kappa shape index (κ2) is 9.22. The van der Waals surface area contributed by atoms with Crippen molar-refractivity contribution in [2.24, 2.45) is 5.41 Å². The van der Waals surface area contributed by atoms with Crippen LogP contribution < -0.4 is 20.1 Å². The molecule has 1 heterocycles. The van der Waals surface area contributed by atoms with Gasteiger partial charge in [0, 0.05) is 28.8 Å². The number of nitrogens with one attached hydrogen (secondary N) is 2. The van der Waals surface area contributed by atoms with Gasteiger partial charge in [-0.1, -0.05) is 20.8 Å². The van der Waals surface area contributed by atoms with Crippen molar-refractivity contribution in [2.45, 2.75) is 32.1 Å². The summed E-state index contributed by atoms with van der Waals surface area (Å²) in [6, 6.07) is 12.9. The first-order valence-electron chi connectivity index (χ1n) is 9.51. The van der Waals surface area contributed by atoms with E-state index in [0.717, 1.165) is 10.6 Å². The molecule has 0 radical (unpaired) electrons. The first-order valence-corrected chi connectivity index (χ1v) is 10.5. The minimum absolute atomic E-state index is 0.00305. The largest absolute Gasteiger partial charge is 0.486 e. The monoisotopic (exact) mass is 414 g/mol. The van der Waals surface area contributed by atoms with Gasteiger partial charge in [-0.15, -0.1) is 11.8 Å². The predicted octanol–water partition coefficient (Wildman–Crippen LogP) is 4.56. The SMILES string of the molecule is CC(C)(C)CC(=O)Nc1ccc(SCC(=O)Nc2ccc3c(c2)OCCO3)cc1. The summed E-state index contributed by atoms with van der Waals surface area (Å²) in [5.41, 5.74) is 1.38. The average Bonchev–Trinajstić information content (AvgIpc) is 2.66. The molecular weight excluding hydrogens is 388 g/mol. The lowest BCUT2D eigenvalue weighted by atomic mass is 9.92. The van der Waals surface area contributed by atoms with E-state index in [-0.39, 0.29) is 23.0 Å². The van der Waals surface area contributed by atoms with Gasteiger partial charge in [0.25, 0.3) is 0 Å². The molecule has 0 unspecified atom stereocenters. The van der Waals surface area contributed by atoms with Gasteiger partial charge in [-0.2, -0.15) is 0 Å². The van der Waals surface area contributed by atoms with Crippen molar-refractivity contribution < 1.29 is 19.1 Å². The predicted molar refractivity (Wildman–Crippen MR) is 116 cm³/mol. The van der Waals surface area contributed by atoms with Gasteiger partial charge in [-0.05, 0) is 41.8 Å². The van der Waals surface area contributed by atoms with E-state index in [0.29, 0.717) is 36.8 Å². The maximum atomic E-state index is 12.2. The van der Waals surface area contributed by atoms with Gasteiger partial charge < -0.3 is 20.1 Å². The zero-order valence-corrected chi connectivity index (χ0v) is 17.7. The number of hydrogen-bond acceptors (Lipinski definition) is 5. The van der Waals surface area contributed by atoms with E-state index in [1.165, 1.54) is 11.8 Å². The van der Waals surface area contributed by atoms with E-state index >= 15 is 0 Å². The standard InChI is InChI=1S/C22H26N2O4S/c1-22(2,3)13-20(25)23-15-4-7-17(8-5-15)29-14-21(26)24-16-6-9-18-19(12-16)28-11-10-27-18/h4-9,12H,10-11,13-14H2,1-3H3,(H,23,25)(H,24,26). The summed E-state index contributed by atoms with van der Waals surface area (Å²) in [7, 11) is 0. The summed E-state index contributed by atoms with van der Waals surface area (Å²) in [6.07, 6.45) is 0.462. The molecule has 0 fully saturated rings. The topological polar surface area (TPSA) is 76.7 Å². The van der Waals surface area contributed by atoms with Crippen LogP contribution in [0.25, 0.3) is 0 Å². The average molecular weight is 415 g/mol. The molecule has 2 N–H and O–H groups in total. The third-order valence-corrected chi connectivity index (χ3v) is 5.04. The van der Waals surface area contributed by atoms with Crippen molar-refractivity contribution in [3.05, 3.63) is 42.5 Å². The number of ether oxygens (including phenoxy) is 2. The van der Waals surface area contributed by atoms with Crippen LogP contribution in [0.4, 0.5) is 11.4 Å². The van der Waals surface area contributed by atoms with E-state index < -0.39 is 0 Å². The molecule has 2 amide bonds. The van der Waals surface area contributed by atoms with E-state index in [2.05, 4.69) is 10.6 Å². The van der Waals surface area contributed by atoms with Gasteiger partial charge in [-0.3, -0.25) is 9.59 Å². The highest BCUT2D eigenvalue weighted by atomic mass is 32.2. The highest BCUT2D eigenvalue weighted by molar-refractivity contribution is 8.00. The summed E-state index contributed by atoms with van der Waals surface area (Å²) in [5, 5.41) is 5.77. The number of fused-ring (bicyclic) bond motifs is 1. The molecule has 6 nitrogen and oxygen atoms in total. The molecule has 0 aliphatic carbocycles. The molecule has 1 aliphatic rings. The van der Waals surface area contributed by atoms with Crippen LogP contribution in [0.15, 0.2) is 47.4 Å². The number of carbonyl (C=O) groups excluding carboxylic acids is 2. The molecule has 2 aromatic rings. The Labute approximate surface area is 175 Å². The fourth-order valence-electron chi connectivity index (χ4n) is 2.79. The molecule has 2 aromatic carbocycles. The zero-order valence-electron chi connectivity index (χ0n) is 16.9. The molecule has 154 valence electrons. The zero-order chi connectivity index (χ0) is 20.9. The molecule has 0 atom stereocenters. The van der Waals surface area contributed by atoms with Crippen LogP contribution in [-0.4, -0.2) is 30.8 Å². The minimum Gasteiger partial charge on any atom is -0.486 e. The van der Waals surface area contributed by atoms with Gasteiger partial charge in [0.1, 0.15) is 13.2 Å². The Bertz CT molecular complexity index is 875. The molecule has 0 bridgehead atoms. The van der Waals surface area contributed by atoms with Gasteiger partial charge in [-0.25, -0.2) is 0 Å². The highest BCUT2D eigenvalue weighted by Crippen LogP contribution is 2.32. The molecule has 29 heavy (non-hydrogen) atoms. The van der Waals surface area contributed by atoms with Crippen LogP contribution in [-0.2, 0) is 9.59 Å². The van der Waals surface area contributed by atoms with Crippen molar-refractivity contribution in [3.8, 4) is 11.5 Å². The molecule has 3 rings (SSSR count). The summed E-state index contributed by atoms with van der Waals surface area (Å²) in [4.78, 5) is 25.2. The van der Waals surface area contributed by atoms with Crippen molar-refractivity contribution in [1.82, 2.24) is 0 Å². The summed E-state index contributed by atoms with van der Waals surface area (Å²) in [5.74, 6) is 1.51. The molecule has 1 aliphatic heterocycles. The Balaban J connectivity index is 1.47. The third-order valence-electron chi connectivity index (χ3n) is 4.02. The van der Waals surface area contributed by atoms with Crippen LogP contribution in [0.3, 0.4) is 0 Å². The Morgan fingerprint density at radius 3 is 2.21 bits per heavy atom. The Morgan fingerprint density at radius 2 is 1.52 bits per heavy atom. The Kier molecular flexibility index (Phi) is 6.69. The van der Waals surface area contributed by atoms with E-state index in [4.69, 9.17) is 9.47 Å². The van der Waals surface area contributed by atoms with Crippen molar-refractivity contribution in [1.29, 1.82) is 0 Å². The molecule has 7 heteroatoms. The van der Waals surface area contributed by atoms with Gasteiger partial charge >= 0.3 is 0 Å². The maximum absolute atomic E-state index is 12.2. The number of amides is 2. The Hall–Kier alpha value is -2.67. The van der Waals surface area contributed by atoms with E-state index in [9.17, 15) is 9.59 Å². The van der Waals surface area contributed by atoms with E-state index in [1.807, 2.05) is 45.0 Å². The number of rotatable bonds is 6. The minimum atomic E-state index is -0.103. The van der Waals surface area contributed by atoms with Crippen molar-refractivity contribution in [3.63, 3.8) is 0 Å². The lowest BCUT2D eigenvalue weighted by molar-refractivity contribution is -0.118. The molecule has 0 aromatic heterocycles. The quantitative estimate of drug-likeness (QED) is 0.678. The van der Waals surface area contributed by atoms with Crippen LogP contribution >= 0.6 is 11.8 Å². The van der Waals surface area contributed by atoms with Crippen LogP contribution in [0.1, 0.15) is 27.2 Å². The number of hydrogen-bond donors (Lipinski definition) is 2. The summed E-state index contributed by atoms with van der Waals surface area (Å²) < 4.78 is 11.0. The fraction of sp³-hybridized carbons (Fsp3) is 0.364. The summed E-state index contributed by atoms with van der Waals surface area (Å²) >= 11 is 1.43. The van der Waals surface area contributed by atoms with Crippen molar-refractivity contribution in [2.75, 3.05) is 29.6 Å². The van der Waals surface area contributed by atoms with Crippen LogP contribution in [0.2, 0.25) is 0 Å². The smallest absolute Gasteiger partial charge is 0.234 e. The second-order valence-corrected chi connectivity index (χ2v) is 9.05. The first-order chi connectivity index (χ1) is 13.8. The summed E-state index contributed by atoms with van der Waals surface area (Å²) in [6.45, 7) is 7.13. The lowest BCUT2D eigenvalue weighted by Crippen LogP contribution is -2.19. The first kappa shape index (κ1) is 21.0. The van der Waals surface area contributed by atoms with Crippen molar-refractivity contribution >= 4 is 35.0 Å². The second-order valence-electron chi connectivity index (χ2n) is 8.01. The number of thioether (sulfide) groups is 1. The van der Waals surface area contributed by atoms with Gasteiger partial charge in [0.2, 0.25) is 11.8 Å². The van der Waals surface area contributed by atoms with E-state index in [1.54, 1.807) is 18.2 Å². The fourth-order valence-corrected chi connectivity index (χ4v) is 3.49. The molecular formula is C22H26N2O4S. The lowest BCUT2D eigenvalue weighted by Gasteiger charge is -2.19. The van der Waals surface area contributed by atoms with Gasteiger partial charge in [0.15, 0.2) is 11.5 Å².